The van der Waals surface area contributed by atoms with E-state index in [0.29, 0.717) is 40.4 Å². The van der Waals surface area contributed by atoms with Gasteiger partial charge in [0.2, 0.25) is 15.9 Å². The highest BCUT2D eigenvalue weighted by Gasteiger charge is 2.55. The minimum absolute atomic E-state index is 0.00857. The molecule has 1 amide bonds. The molecule has 1 saturated heterocycles. The lowest BCUT2D eigenvalue weighted by Gasteiger charge is -2.52. The summed E-state index contributed by atoms with van der Waals surface area (Å²) in [4.78, 5) is 13.7. The van der Waals surface area contributed by atoms with E-state index in [-0.39, 0.29) is 22.8 Å². The van der Waals surface area contributed by atoms with Crippen LogP contribution in [0.15, 0.2) is 23.1 Å². The summed E-state index contributed by atoms with van der Waals surface area (Å²) in [7, 11) is -3.64. The Bertz CT molecular complexity index is 972. The molecule has 1 heterocycles. The highest BCUT2D eigenvalue weighted by Crippen LogP contribution is 2.64. The molecule has 3 aliphatic rings. The Balaban J connectivity index is 1.58. The number of nitrogens with one attached hydrogen (secondary N) is 1. The van der Waals surface area contributed by atoms with E-state index in [1.54, 1.807) is 18.2 Å². The summed E-state index contributed by atoms with van der Waals surface area (Å²) < 4.78 is 33.9. The van der Waals surface area contributed by atoms with Gasteiger partial charge in [-0.3, -0.25) is 4.79 Å². The Kier molecular flexibility index (Phi) is 8.17. The zero-order valence-electron chi connectivity index (χ0n) is 20.7. The van der Waals surface area contributed by atoms with Crippen molar-refractivity contribution in [3.63, 3.8) is 0 Å². The third-order valence-electron chi connectivity index (χ3n) is 7.41. The maximum atomic E-state index is 13.5. The third-order valence-corrected chi connectivity index (χ3v) is 13.5. The van der Waals surface area contributed by atoms with E-state index >= 15 is 0 Å². The van der Waals surface area contributed by atoms with E-state index in [9.17, 15) is 13.2 Å². The molecule has 190 valence electrons. The van der Waals surface area contributed by atoms with Gasteiger partial charge in [-0.05, 0) is 69.6 Å². The Hall–Kier alpha value is -0.900. The number of rotatable bonds is 8. The largest absolute Gasteiger partial charge is 0.489 e. The molecule has 3 fully saturated rings. The average molecular weight is 527 g/mol. The van der Waals surface area contributed by atoms with E-state index < -0.39 is 10.0 Å². The summed E-state index contributed by atoms with van der Waals surface area (Å²) in [6, 6.07) is 4.81. The summed E-state index contributed by atoms with van der Waals surface area (Å²) in [5, 5.41) is 3.08. The lowest BCUT2D eigenvalue weighted by Crippen LogP contribution is -2.48. The van der Waals surface area contributed by atoms with Crippen LogP contribution in [0, 0.1) is 17.8 Å². The van der Waals surface area contributed by atoms with Crippen LogP contribution in [0.5, 0.6) is 5.75 Å². The topological polar surface area (TPSA) is 75.7 Å². The molecule has 9 heteroatoms. The highest BCUT2D eigenvalue weighted by atomic mass is 32.2. The van der Waals surface area contributed by atoms with Gasteiger partial charge in [-0.15, -0.1) is 23.5 Å². The van der Waals surface area contributed by atoms with Crippen molar-refractivity contribution in [2.45, 2.75) is 74.9 Å². The summed E-state index contributed by atoms with van der Waals surface area (Å²) in [6.07, 6.45) is 5.43. The standard InChI is InChI=1S/C25H38N2O4S3/c1-5-27(6-2)34(29,30)21-10-11-23(31-17(3)4)22(16-21)26-24(28)18-14-19-8-7-9-20(15-18)25(19)32-12-13-33-25/h10-11,16-20H,5-9,12-15H2,1-4H3,(H,26,28). The molecule has 1 aliphatic heterocycles. The third kappa shape index (κ3) is 5.00. The van der Waals surface area contributed by atoms with Crippen molar-refractivity contribution in [1.29, 1.82) is 0 Å². The molecule has 34 heavy (non-hydrogen) atoms. The summed E-state index contributed by atoms with van der Waals surface area (Å²) in [6.45, 7) is 8.29. The van der Waals surface area contributed by atoms with Crippen molar-refractivity contribution >= 4 is 45.1 Å². The summed E-state index contributed by atoms with van der Waals surface area (Å²) in [5.74, 6) is 4.05. The van der Waals surface area contributed by atoms with Crippen LogP contribution in [0.1, 0.15) is 59.8 Å². The fourth-order valence-corrected chi connectivity index (χ4v) is 11.3. The molecule has 1 aromatic carbocycles. The number of anilines is 1. The van der Waals surface area contributed by atoms with E-state index in [2.05, 4.69) is 28.8 Å². The Morgan fingerprint density at radius 3 is 2.32 bits per heavy atom. The van der Waals surface area contributed by atoms with Crippen molar-refractivity contribution in [3.8, 4) is 5.75 Å². The molecule has 1 N–H and O–H groups in total. The van der Waals surface area contributed by atoms with Gasteiger partial charge < -0.3 is 10.1 Å². The van der Waals surface area contributed by atoms with Crippen LogP contribution < -0.4 is 10.1 Å². The fourth-order valence-electron chi connectivity index (χ4n) is 5.89. The Morgan fingerprint density at radius 2 is 1.76 bits per heavy atom. The predicted molar refractivity (Wildman–Crippen MR) is 142 cm³/mol. The van der Waals surface area contributed by atoms with Gasteiger partial charge in [0, 0.05) is 30.5 Å². The van der Waals surface area contributed by atoms with Crippen LogP contribution in [0.25, 0.3) is 0 Å². The van der Waals surface area contributed by atoms with E-state index in [1.807, 2.05) is 27.7 Å². The summed E-state index contributed by atoms with van der Waals surface area (Å²) >= 11 is 4.27. The number of hydrogen-bond donors (Lipinski definition) is 1. The van der Waals surface area contributed by atoms with E-state index in [1.165, 1.54) is 35.1 Å². The molecule has 6 nitrogen and oxygen atoms in total. The average Bonchev–Trinajstić information content (AvgIpc) is 3.24. The molecule has 2 bridgehead atoms. The van der Waals surface area contributed by atoms with Gasteiger partial charge in [-0.1, -0.05) is 20.3 Å². The van der Waals surface area contributed by atoms with Gasteiger partial charge in [-0.25, -0.2) is 8.42 Å². The van der Waals surface area contributed by atoms with Crippen LogP contribution in [-0.2, 0) is 14.8 Å². The van der Waals surface area contributed by atoms with Crippen molar-refractivity contribution < 1.29 is 17.9 Å². The lowest BCUT2D eigenvalue weighted by molar-refractivity contribution is -0.122. The molecule has 2 atom stereocenters. The maximum absolute atomic E-state index is 13.5. The smallest absolute Gasteiger partial charge is 0.243 e. The number of amides is 1. The monoisotopic (exact) mass is 526 g/mol. The minimum atomic E-state index is -3.64. The normalized spacial score (nSPS) is 26.2. The first kappa shape index (κ1) is 26.2. The van der Waals surface area contributed by atoms with Gasteiger partial charge in [0.15, 0.2) is 0 Å². The molecule has 0 aromatic heterocycles. The van der Waals surface area contributed by atoms with Crippen LogP contribution in [0.4, 0.5) is 5.69 Å². The Labute approximate surface area is 213 Å². The summed E-state index contributed by atoms with van der Waals surface area (Å²) in [5.41, 5.74) is 0.446. The lowest BCUT2D eigenvalue weighted by atomic mass is 9.67. The molecule has 2 aliphatic carbocycles. The second-order valence-corrected chi connectivity index (χ2v) is 14.8. The number of ether oxygens (including phenoxy) is 1. The first-order valence-electron chi connectivity index (χ1n) is 12.6. The fraction of sp³-hybridized carbons (Fsp3) is 0.720. The van der Waals surface area contributed by atoms with Crippen LogP contribution in [0.2, 0.25) is 0 Å². The van der Waals surface area contributed by atoms with Crippen molar-refractivity contribution in [3.05, 3.63) is 18.2 Å². The second-order valence-electron chi connectivity index (χ2n) is 9.81. The number of hydrogen-bond acceptors (Lipinski definition) is 6. The number of nitrogens with zero attached hydrogens (tertiary/aromatic N) is 1. The zero-order valence-corrected chi connectivity index (χ0v) is 23.2. The highest BCUT2D eigenvalue weighted by molar-refractivity contribution is 8.21. The van der Waals surface area contributed by atoms with Crippen molar-refractivity contribution in [2.24, 2.45) is 17.8 Å². The Morgan fingerprint density at radius 1 is 1.15 bits per heavy atom. The van der Waals surface area contributed by atoms with Gasteiger partial charge >= 0.3 is 0 Å². The number of benzene rings is 1. The van der Waals surface area contributed by atoms with Crippen LogP contribution >= 0.6 is 23.5 Å². The number of carbonyl (C=O) groups excluding carboxylic acids is 1. The van der Waals surface area contributed by atoms with Crippen molar-refractivity contribution in [2.75, 3.05) is 29.9 Å². The van der Waals surface area contributed by atoms with Crippen LogP contribution in [0.3, 0.4) is 0 Å². The number of thioether (sulfide) groups is 2. The van der Waals surface area contributed by atoms with Crippen molar-refractivity contribution in [1.82, 2.24) is 4.31 Å². The van der Waals surface area contributed by atoms with Gasteiger partial charge in [0.05, 0.1) is 20.8 Å². The molecule has 1 spiro atoms. The quantitative estimate of drug-likeness (QED) is 0.486. The van der Waals surface area contributed by atoms with E-state index in [4.69, 9.17) is 4.74 Å². The van der Waals surface area contributed by atoms with Gasteiger partial charge in [0.1, 0.15) is 5.75 Å². The molecular formula is C25H38N2O4S3. The molecular weight excluding hydrogens is 488 g/mol. The molecule has 2 saturated carbocycles. The van der Waals surface area contributed by atoms with Gasteiger partial charge in [-0.2, -0.15) is 4.31 Å². The molecule has 0 radical (unpaired) electrons. The first-order chi connectivity index (χ1) is 16.2. The second kappa shape index (κ2) is 10.6. The van der Waals surface area contributed by atoms with E-state index in [0.717, 1.165) is 12.8 Å². The number of carbonyl (C=O) groups is 1. The maximum Gasteiger partial charge on any atom is 0.243 e. The first-order valence-corrected chi connectivity index (χ1v) is 16.0. The molecule has 1 aromatic rings. The van der Waals surface area contributed by atoms with Gasteiger partial charge in [0.25, 0.3) is 0 Å². The van der Waals surface area contributed by atoms with Crippen LogP contribution in [-0.4, -0.2) is 53.4 Å². The predicted octanol–water partition coefficient (Wildman–Crippen LogP) is 5.45. The molecule has 2 unspecified atom stereocenters. The number of sulfonamides is 1. The molecule has 4 rings (SSSR count). The SMILES string of the molecule is CCN(CC)S(=O)(=O)c1ccc(OC(C)C)c(NC(=O)C2CC3CCCC(C2)C32SCCS2)c1. The zero-order chi connectivity index (χ0) is 24.5. The minimum Gasteiger partial charge on any atom is -0.489 e.